The second-order valence-electron chi connectivity index (χ2n) is 7.86. The minimum Gasteiger partial charge on any atom is -0.508 e. The normalized spacial score (nSPS) is 36.7. The maximum absolute atomic E-state index is 10.2. The molecule has 3 heteroatoms. The number of aliphatic hydroxyl groups excluding tert-OH is 1. The maximum Gasteiger partial charge on any atom is 0.115 e. The van der Waals surface area contributed by atoms with Gasteiger partial charge in [0.1, 0.15) is 13.6 Å². The molecule has 0 bridgehead atoms. The van der Waals surface area contributed by atoms with Crippen LogP contribution in [0.4, 0.5) is 0 Å². The second-order valence-corrected chi connectivity index (χ2v) is 7.86. The molecule has 1 saturated carbocycles. The molecule has 3 aliphatic carbocycles. The van der Waals surface area contributed by atoms with E-state index in [1.807, 2.05) is 12.1 Å². The van der Waals surface area contributed by atoms with Crippen LogP contribution in [-0.2, 0) is 11.8 Å². The van der Waals surface area contributed by atoms with Crippen LogP contribution < -0.4 is 0 Å². The van der Waals surface area contributed by atoms with Gasteiger partial charge in [0.25, 0.3) is 0 Å². The van der Waals surface area contributed by atoms with Crippen LogP contribution in [0.1, 0.15) is 56.6 Å². The Morgan fingerprint density at radius 3 is 2.82 bits per heavy atom. The van der Waals surface area contributed by atoms with E-state index >= 15 is 0 Å². The molecule has 2 nitrogen and oxygen atoms in total. The van der Waals surface area contributed by atoms with Crippen LogP contribution in [0.3, 0.4) is 0 Å². The van der Waals surface area contributed by atoms with Crippen LogP contribution in [0.2, 0.25) is 5.31 Å². The minimum atomic E-state index is -0.152. The molecule has 0 aromatic heterocycles. The largest absolute Gasteiger partial charge is 0.508 e. The Hall–Kier alpha value is -1.22. The summed E-state index contributed by atoms with van der Waals surface area (Å²) in [5.74, 6) is 0.387. The molecule has 0 radical (unpaired) electrons. The molecule has 1 aromatic rings. The monoisotopic (exact) mass is 296 g/mol. The topological polar surface area (TPSA) is 40.5 Å². The van der Waals surface area contributed by atoms with Gasteiger partial charge < -0.3 is 10.2 Å². The molecule has 1 fully saturated rings. The Balaban J connectivity index is 1.93. The highest BCUT2D eigenvalue weighted by molar-refractivity contribution is 6.18. The first-order chi connectivity index (χ1) is 10.5. The molecule has 0 aliphatic heterocycles. The van der Waals surface area contributed by atoms with Gasteiger partial charge >= 0.3 is 0 Å². The number of aryl methyl sites for hydroxylation is 1. The van der Waals surface area contributed by atoms with Crippen molar-refractivity contribution in [2.24, 2.45) is 0 Å². The van der Waals surface area contributed by atoms with Crippen LogP contribution in [0.15, 0.2) is 29.3 Å². The van der Waals surface area contributed by atoms with Gasteiger partial charge in [0.05, 0.1) is 6.10 Å². The first kappa shape index (κ1) is 14.4. The molecule has 3 atom stereocenters. The summed E-state index contributed by atoms with van der Waals surface area (Å²) in [6.45, 7) is 2.30. The van der Waals surface area contributed by atoms with Crippen LogP contribution in [0.25, 0.3) is 0 Å². The third-order valence-corrected chi connectivity index (χ3v) is 6.75. The van der Waals surface area contributed by atoms with Crippen molar-refractivity contribution in [3.8, 4) is 5.75 Å². The van der Waals surface area contributed by atoms with E-state index in [1.165, 1.54) is 24.0 Å². The van der Waals surface area contributed by atoms with E-state index in [0.717, 1.165) is 32.1 Å². The molecule has 0 heterocycles. The zero-order valence-corrected chi connectivity index (χ0v) is 13.7. The van der Waals surface area contributed by atoms with Gasteiger partial charge in [0.15, 0.2) is 0 Å². The number of phenols is 1. The fraction of sp³-hybridized carbons (Fsp3) is 0.579. The standard InChI is InChI=1S/C19H25BO2/c1-2-18-7-8-19(20)11-14(22)10-17(19)16(18)5-3-12-9-13(21)4-6-15(12)18/h4,6,9,14,21-22H,2-3,5,7-8,10-11,20H2,1H3/t14-,18-,19+/m0/s1. The number of rotatable bonds is 1. The average Bonchev–Trinajstić information content (AvgIpc) is 2.80. The number of hydrogen-bond donors (Lipinski definition) is 2. The van der Waals surface area contributed by atoms with Crippen molar-refractivity contribution in [3.63, 3.8) is 0 Å². The third-order valence-electron chi connectivity index (χ3n) is 6.75. The SMILES string of the molecule is B[C@@]12CC[C@]3(CC)C(=C1C[C@H](O)C2)CCc1cc(O)ccc13. The van der Waals surface area contributed by atoms with Crippen molar-refractivity contribution in [1.82, 2.24) is 0 Å². The van der Waals surface area contributed by atoms with Gasteiger partial charge in [-0.1, -0.05) is 24.1 Å². The van der Waals surface area contributed by atoms with Gasteiger partial charge in [-0.2, -0.15) is 0 Å². The Morgan fingerprint density at radius 1 is 1.23 bits per heavy atom. The molecule has 0 spiro atoms. The summed E-state index contributed by atoms with van der Waals surface area (Å²) in [5.41, 5.74) is 6.10. The number of benzene rings is 1. The fourth-order valence-electron chi connectivity index (χ4n) is 5.65. The number of aliphatic hydroxyl groups is 1. The Kier molecular flexibility index (Phi) is 3.03. The van der Waals surface area contributed by atoms with Gasteiger partial charge in [-0.05, 0) is 73.5 Å². The minimum absolute atomic E-state index is 0.152. The van der Waals surface area contributed by atoms with Crippen molar-refractivity contribution in [2.75, 3.05) is 0 Å². The summed E-state index contributed by atoms with van der Waals surface area (Å²) >= 11 is 0. The average molecular weight is 296 g/mol. The third kappa shape index (κ3) is 1.78. The smallest absolute Gasteiger partial charge is 0.115 e. The highest BCUT2D eigenvalue weighted by Crippen LogP contribution is 2.63. The van der Waals surface area contributed by atoms with Crippen LogP contribution in [0.5, 0.6) is 5.75 Å². The fourth-order valence-corrected chi connectivity index (χ4v) is 5.65. The Labute approximate surface area is 133 Å². The van der Waals surface area contributed by atoms with Crippen molar-refractivity contribution < 1.29 is 10.2 Å². The molecule has 0 saturated heterocycles. The van der Waals surface area contributed by atoms with E-state index in [0.29, 0.717) is 5.75 Å². The number of phenolic OH excluding ortho intramolecular Hbond substituents is 1. The molecule has 116 valence electrons. The second kappa shape index (κ2) is 4.64. The maximum atomic E-state index is 10.2. The van der Waals surface area contributed by atoms with Gasteiger partial charge in [-0.25, -0.2) is 0 Å². The molecule has 0 unspecified atom stereocenters. The lowest BCUT2D eigenvalue weighted by atomic mass is 9.49. The first-order valence-corrected chi connectivity index (χ1v) is 8.72. The first-order valence-electron chi connectivity index (χ1n) is 8.72. The molecule has 22 heavy (non-hydrogen) atoms. The van der Waals surface area contributed by atoms with Crippen LogP contribution in [-0.4, -0.2) is 24.2 Å². The number of aromatic hydroxyl groups is 1. The van der Waals surface area contributed by atoms with Gasteiger partial charge in [0.2, 0.25) is 0 Å². The summed E-state index contributed by atoms with van der Waals surface area (Å²) in [6.07, 6.45) is 7.27. The number of allylic oxidation sites excluding steroid dienone is 1. The van der Waals surface area contributed by atoms with Crippen LogP contribution in [0, 0.1) is 0 Å². The van der Waals surface area contributed by atoms with E-state index in [1.54, 1.807) is 11.1 Å². The molecule has 0 amide bonds. The summed E-state index contributed by atoms with van der Waals surface area (Å²) in [7, 11) is 2.36. The molecular formula is C19H25BO2. The van der Waals surface area contributed by atoms with E-state index < -0.39 is 0 Å². The molecule has 2 N–H and O–H groups in total. The van der Waals surface area contributed by atoms with Crippen molar-refractivity contribution in [2.45, 2.75) is 68.7 Å². The molecular weight excluding hydrogens is 271 g/mol. The predicted molar refractivity (Wildman–Crippen MR) is 91.1 cm³/mol. The predicted octanol–water partition coefficient (Wildman–Crippen LogP) is 3.02. The van der Waals surface area contributed by atoms with Gasteiger partial charge in [0, 0.05) is 5.41 Å². The van der Waals surface area contributed by atoms with E-state index in [2.05, 4.69) is 20.8 Å². The Morgan fingerprint density at radius 2 is 2.05 bits per heavy atom. The highest BCUT2D eigenvalue weighted by Gasteiger charge is 2.51. The van der Waals surface area contributed by atoms with E-state index in [4.69, 9.17) is 0 Å². The quantitative estimate of drug-likeness (QED) is 0.618. The van der Waals surface area contributed by atoms with Crippen molar-refractivity contribution in [3.05, 3.63) is 40.5 Å². The zero-order valence-electron chi connectivity index (χ0n) is 13.7. The van der Waals surface area contributed by atoms with E-state index in [9.17, 15) is 10.2 Å². The number of hydrogen-bond acceptors (Lipinski definition) is 2. The Bertz CT molecular complexity index is 665. The highest BCUT2D eigenvalue weighted by atomic mass is 16.3. The molecule has 1 aromatic carbocycles. The lowest BCUT2D eigenvalue weighted by Crippen LogP contribution is -2.39. The summed E-state index contributed by atoms with van der Waals surface area (Å²) < 4.78 is 0. The van der Waals surface area contributed by atoms with Gasteiger partial charge in [-0.15, -0.1) is 0 Å². The molecule has 4 rings (SSSR count). The molecule has 3 aliphatic rings. The summed E-state index contributed by atoms with van der Waals surface area (Å²) in [5, 5.41) is 20.3. The van der Waals surface area contributed by atoms with Crippen molar-refractivity contribution in [1.29, 1.82) is 0 Å². The summed E-state index contributed by atoms with van der Waals surface area (Å²) in [6, 6.07) is 5.97. The lowest BCUT2D eigenvalue weighted by molar-refractivity contribution is 0.179. The van der Waals surface area contributed by atoms with Gasteiger partial charge in [-0.3, -0.25) is 0 Å². The summed E-state index contributed by atoms with van der Waals surface area (Å²) in [4.78, 5) is 0. The lowest BCUT2D eigenvalue weighted by Gasteiger charge is -2.49. The zero-order chi connectivity index (χ0) is 15.5. The van der Waals surface area contributed by atoms with Crippen molar-refractivity contribution >= 4 is 7.85 Å². The number of fused-ring (bicyclic) bond motifs is 4. The van der Waals surface area contributed by atoms with E-state index in [-0.39, 0.29) is 16.8 Å². The van der Waals surface area contributed by atoms with Crippen LogP contribution >= 0.6 is 0 Å².